The number of rotatable bonds is 5. The number of nitrogens with one attached hydrogen (secondary N) is 2. The van der Waals surface area contributed by atoms with E-state index < -0.39 is 11.8 Å². The van der Waals surface area contributed by atoms with E-state index in [4.69, 9.17) is 21.3 Å². The molecule has 1 aliphatic rings. The number of halogens is 2. The number of hydrogen-bond donors (Lipinski definition) is 2. The Morgan fingerprint density at radius 3 is 2.69 bits per heavy atom. The minimum Gasteiger partial charge on any atom is -0.378 e. The summed E-state index contributed by atoms with van der Waals surface area (Å²) in [7, 11) is 0. The molecule has 3 aromatic rings. The zero-order valence-electron chi connectivity index (χ0n) is 17.1. The van der Waals surface area contributed by atoms with Crippen LogP contribution in [0.1, 0.15) is 0 Å². The average molecular weight is 475 g/mol. The topological polar surface area (TPSA) is 92.3 Å². The summed E-state index contributed by atoms with van der Waals surface area (Å²) in [6.07, 6.45) is 3.50. The van der Waals surface area contributed by atoms with E-state index in [2.05, 4.69) is 25.5 Å². The Balaban J connectivity index is 1.51. The van der Waals surface area contributed by atoms with Gasteiger partial charge < -0.3 is 15.0 Å². The van der Waals surface area contributed by atoms with Crippen molar-refractivity contribution in [2.75, 3.05) is 48.1 Å². The number of amides is 2. The summed E-state index contributed by atoms with van der Waals surface area (Å²) in [6.45, 7) is 2.71. The van der Waals surface area contributed by atoms with Crippen LogP contribution in [-0.2, 0) is 4.74 Å². The number of nitrogens with zero attached hydrogens (tertiary/aromatic N) is 4. The van der Waals surface area contributed by atoms with Gasteiger partial charge in [0.15, 0.2) is 5.82 Å². The zero-order chi connectivity index (χ0) is 22.5. The molecule has 8 nitrogen and oxygen atoms in total. The van der Waals surface area contributed by atoms with Crippen LogP contribution in [0.2, 0.25) is 5.15 Å². The molecular formula is C21H20ClFN6O2S. The first-order valence-corrected chi connectivity index (χ1v) is 11.4. The number of carbonyl (C=O) groups excluding carboxylic acids is 1. The van der Waals surface area contributed by atoms with E-state index in [1.54, 1.807) is 24.4 Å². The fourth-order valence-corrected chi connectivity index (χ4v) is 4.12. The van der Waals surface area contributed by atoms with Crippen LogP contribution in [-0.4, -0.2) is 53.5 Å². The Morgan fingerprint density at radius 1 is 1.19 bits per heavy atom. The van der Waals surface area contributed by atoms with Crippen LogP contribution in [0, 0.1) is 5.82 Å². The van der Waals surface area contributed by atoms with Crippen LogP contribution in [0.4, 0.5) is 26.5 Å². The molecule has 0 unspecified atom stereocenters. The van der Waals surface area contributed by atoms with Crippen LogP contribution in [0.3, 0.4) is 0 Å². The van der Waals surface area contributed by atoms with E-state index in [0.717, 1.165) is 23.8 Å². The predicted octanol–water partition coefficient (Wildman–Crippen LogP) is 4.53. The smallest absolute Gasteiger partial charge is 0.324 e. The summed E-state index contributed by atoms with van der Waals surface area (Å²) in [6, 6.07) is 8.47. The van der Waals surface area contributed by atoms with Crippen molar-refractivity contribution in [3.8, 4) is 11.4 Å². The summed E-state index contributed by atoms with van der Waals surface area (Å²) >= 11 is 7.95. The second-order valence-electron chi connectivity index (χ2n) is 6.82. The number of carbonyl (C=O) groups is 1. The Bertz CT molecular complexity index is 1110. The van der Waals surface area contributed by atoms with Gasteiger partial charge in [-0.2, -0.15) is 0 Å². The summed E-state index contributed by atoms with van der Waals surface area (Å²) in [4.78, 5) is 28.5. The van der Waals surface area contributed by atoms with Gasteiger partial charge in [0.05, 0.1) is 18.1 Å². The molecule has 0 radical (unpaired) electrons. The molecular weight excluding hydrogens is 455 g/mol. The highest BCUT2D eigenvalue weighted by Gasteiger charge is 2.21. The number of thioether (sulfide) groups is 1. The Labute approximate surface area is 193 Å². The maximum atomic E-state index is 13.3. The van der Waals surface area contributed by atoms with Crippen molar-refractivity contribution in [2.24, 2.45) is 0 Å². The molecule has 2 aromatic heterocycles. The summed E-state index contributed by atoms with van der Waals surface area (Å²) < 4.78 is 18.7. The number of urea groups is 1. The highest BCUT2D eigenvalue weighted by atomic mass is 35.5. The van der Waals surface area contributed by atoms with Gasteiger partial charge in [-0.25, -0.2) is 24.1 Å². The maximum Gasteiger partial charge on any atom is 0.324 e. The number of pyridine rings is 1. The first-order chi connectivity index (χ1) is 15.5. The Morgan fingerprint density at radius 2 is 2.00 bits per heavy atom. The summed E-state index contributed by atoms with van der Waals surface area (Å²) in [5.41, 5.74) is 0.997. The lowest BCUT2D eigenvalue weighted by molar-refractivity contribution is 0.122. The molecule has 11 heteroatoms. The molecule has 1 saturated heterocycles. The monoisotopic (exact) mass is 474 g/mol. The zero-order valence-corrected chi connectivity index (χ0v) is 18.7. The quantitative estimate of drug-likeness (QED) is 0.414. The molecule has 3 heterocycles. The van der Waals surface area contributed by atoms with Gasteiger partial charge in [0.2, 0.25) is 0 Å². The normalized spacial score (nSPS) is 13.7. The third-order valence-electron chi connectivity index (χ3n) is 4.67. The second kappa shape index (κ2) is 10.1. The molecule has 1 aliphatic heterocycles. The van der Waals surface area contributed by atoms with Gasteiger partial charge in [0.25, 0.3) is 0 Å². The van der Waals surface area contributed by atoms with Crippen molar-refractivity contribution in [1.82, 2.24) is 15.0 Å². The largest absolute Gasteiger partial charge is 0.378 e. The summed E-state index contributed by atoms with van der Waals surface area (Å²) in [5.74, 6) is 1.10. The van der Waals surface area contributed by atoms with Crippen molar-refractivity contribution in [3.05, 3.63) is 53.6 Å². The highest BCUT2D eigenvalue weighted by molar-refractivity contribution is 7.98. The molecule has 0 saturated carbocycles. The standard InChI is InChI=1S/C21H20ClFN6O2S/c1-32-17-18(22)27-19(28-20(17)29-7-9-31-10-8-29)13-5-6-16(24-12-13)26-21(30)25-15-4-2-3-14(23)11-15/h2-6,11-12H,7-10H2,1H3,(H2,24,25,26,30). The van der Waals surface area contributed by atoms with E-state index in [1.165, 1.54) is 30.0 Å². The van der Waals surface area contributed by atoms with Crippen LogP contribution in [0.15, 0.2) is 47.5 Å². The van der Waals surface area contributed by atoms with E-state index in [0.29, 0.717) is 41.3 Å². The molecule has 166 valence electrons. The third-order valence-corrected chi connectivity index (χ3v) is 5.84. The summed E-state index contributed by atoms with van der Waals surface area (Å²) in [5, 5.41) is 5.53. The van der Waals surface area contributed by atoms with Gasteiger partial charge in [0.1, 0.15) is 22.6 Å². The lowest BCUT2D eigenvalue weighted by atomic mass is 10.2. The Kier molecular flexibility index (Phi) is 7.03. The van der Waals surface area contributed by atoms with Crippen molar-refractivity contribution < 1.29 is 13.9 Å². The van der Waals surface area contributed by atoms with Crippen LogP contribution in [0.5, 0.6) is 0 Å². The van der Waals surface area contributed by atoms with E-state index in [1.807, 2.05) is 6.26 Å². The molecule has 1 fully saturated rings. The van der Waals surface area contributed by atoms with Gasteiger partial charge >= 0.3 is 6.03 Å². The lowest BCUT2D eigenvalue weighted by Gasteiger charge is -2.29. The van der Waals surface area contributed by atoms with Crippen LogP contribution < -0.4 is 15.5 Å². The fourth-order valence-electron chi connectivity index (χ4n) is 3.15. The predicted molar refractivity (Wildman–Crippen MR) is 124 cm³/mol. The van der Waals surface area contributed by atoms with Crippen molar-refractivity contribution >= 4 is 46.7 Å². The van der Waals surface area contributed by atoms with Gasteiger partial charge in [0, 0.05) is 30.5 Å². The molecule has 2 N–H and O–H groups in total. The molecule has 0 bridgehead atoms. The van der Waals surface area contributed by atoms with Gasteiger partial charge in [-0.3, -0.25) is 5.32 Å². The molecule has 32 heavy (non-hydrogen) atoms. The third kappa shape index (κ3) is 5.26. The molecule has 0 spiro atoms. The minimum atomic E-state index is -0.533. The van der Waals surface area contributed by atoms with Crippen molar-refractivity contribution in [1.29, 1.82) is 0 Å². The molecule has 2 amide bonds. The van der Waals surface area contributed by atoms with E-state index in [-0.39, 0.29) is 0 Å². The number of aromatic nitrogens is 3. The number of anilines is 3. The second-order valence-corrected chi connectivity index (χ2v) is 7.99. The highest BCUT2D eigenvalue weighted by Crippen LogP contribution is 2.35. The lowest BCUT2D eigenvalue weighted by Crippen LogP contribution is -2.37. The van der Waals surface area contributed by atoms with Gasteiger partial charge in [-0.15, -0.1) is 11.8 Å². The van der Waals surface area contributed by atoms with Gasteiger partial charge in [-0.05, 0) is 36.6 Å². The first kappa shape index (κ1) is 22.3. The van der Waals surface area contributed by atoms with Gasteiger partial charge in [-0.1, -0.05) is 17.7 Å². The molecule has 1 aromatic carbocycles. The van der Waals surface area contributed by atoms with Crippen molar-refractivity contribution in [3.63, 3.8) is 0 Å². The van der Waals surface area contributed by atoms with Crippen molar-refractivity contribution in [2.45, 2.75) is 4.90 Å². The molecule has 4 rings (SSSR count). The minimum absolute atomic E-state index is 0.322. The first-order valence-electron chi connectivity index (χ1n) is 9.77. The number of morpholine rings is 1. The SMILES string of the molecule is CSc1c(Cl)nc(-c2ccc(NC(=O)Nc3cccc(F)c3)nc2)nc1N1CCOCC1. The van der Waals surface area contributed by atoms with E-state index >= 15 is 0 Å². The number of benzene rings is 1. The number of ether oxygens (including phenoxy) is 1. The molecule has 0 aliphatic carbocycles. The number of hydrogen-bond acceptors (Lipinski definition) is 7. The maximum absolute atomic E-state index is 13.3. The van der Waals surface area contributed by atoms with E-state index in [9.17, 15) is 9.18 Å². The van der Waals surface area contributed by atoms with Crippen LogP contribution >= 0.6 is 23.4 Å². The Hall–Kier alpha value is -2.95. The van der Waals surface area contributed by atoms with Crippen LogP contribution in [0.25, 0.3) is 11.4 Å². The fraction of sp³-hybridized carbons (Fsp3) is 0.238. The molecule has 0 atom stereocenters. The average Bonchev–Trinajstić information content (AvgIpc) is 2.79.